The van der Waals surface area contributed by atoms with Crippen LogP contribution in [-0.2, 0) is 0 Å². The Morgan fingerprint density at radius 1 is 1.09 bits per heavy atom. The van der Waals surface area contributed by atoms with Crippen molar-refractivity contribution in [2.24, 2.45) is 0 Å². The zero-order valence-electron chi connectivity index (χ0n) is 12.8. The van der Waals surface area contributed by atoms with Crippen LogP contribution in [0.3, 0.4) is 0 Å². The number of hydrogen-bond acceptors (Lipinski definition) is 4. The number of hydrogen-bond donors (Lipinski definition) is 2. The molecule has 5 heteroatoms. The Hall–Kier alpha value is -2.69. The lowest BCUT2D eigenvalue weighted by Gasteiger charge is -2.11. The number of ether oxygens (including phenoxy) is 2. The van der Waals surface area contributed by atoms with Gasteiger partial charge in [0, 0.05) is 12.6 Å². The molecule has 0 bridgehead atoms. The molecule has 0 saturated heterocycles. The third-order valence-corrected chi connectivity index (χ3v) is 3.13. The molecule has 0 aliphatic carbocycles. The van der Waals surface area contributed by atoms with Gasteiger partial charge < -0.3 is 20.5 Å². The standard InChI is InChI=1S/C17H20N2O3/c1-12-3-6-14(7-4-12)21-9-10-22-16-11-13(17(20)19-2)5-8-15(16)18/h3-8,11H,9-10,18H2,1-2H3,(H,19,20). The van der Waals surface area contributed by atoms with Crippen LogP contribution in [-0.4, -0.2) is 26.2 Å². The maximum absolute atomic E-state index is 11.6. The molecule has 2 aromatic rings. The first-order valence-corrected chi connectivity index (χ1v) is 7.04. The molecular formula is C17H20N2O3. The van der Waals surface area contributed by atoms with Gasteiger partial charge in [-0.3, -0.25) is 4.79 Å². The highest BCUT2D eigenvalue weighted by molar-refractivity contribution is 5.95. The van der Waals surface area contributed by atoms with Gasteiger partial charge in [-0.25, -0.2) is 0 Å². The zero-order valence-corrected chi connectivity index (χ0v) is 12.8. The van der Waals surface area contributed by atoms with Gasteiger partial charge in [0.25, 0.3) is 5.91 Å². The van der Waals surface area contributed by atoms with Crippen LogP contribution >= 0.6 is 0 Å². The Balaban J connectivity index is 1.88. The first-order valence-electron chi connectivity index (χ1n) is 7.04. The summed E-state index contributed by atoms with van der Waals surface area (Å²) in [5.74, 6) is 1.09. The highest BCUT2D eigenvalue weighted by Gasteiger charge is 2.07. The van der Waals surface area contributed by atoms with Crippen molar-refractivity contribution in [3.8, 4) is 11.5 Å². The fourth-order valence-electron chi connectivity index (χ4n) is 1.89. The van der Waals surface area contributed by atoms with Crippen LogP contribution in [0.4, 0.5) is 5.69 Å². The molecule has 116 valence electrons. The predicted octanol–water partition coefficient (Wildman–Crippen LogP) is 2.39. The van der Waals surface area contributed by atoms with E-state index in [-0.39, 0.29) is 5.91 Å². The molecule has 0 heterocycles. The molecule has 3 N–H and O–H groups in total. The average molecular weight is 300 g/mol. The van der Waals surface area contributed by atoms with E-state index in [0.717, 1.165) is 5.75 Å². The van der Waals surface area contributed by atoms with Crippen LogP contribution in [0.15, 0.2) is 42.5 Å². The Labute approximate surface area is 130 Å². The number of anilines is 1. The van der Waals surface area contributed by atoms with Crippen LogP contribution in [0.25, 0.3) is 0 Å². The molecule has 2 aromatic carbocycles. The summed E-state index contributed by atoms with van der Waals surface area (Å²) in [6, 6.07) is 12.7. The summed E-state index contributed by atoms with van der Waals surface area (Å²) in [5.41, 5.74) is 8.02. The van der Waals surface area contributed by atoms with Gasteiger partial charge >= 0.3 is 0 Å². The van der Waals surface area contributed by atoms with E-state index in [0.29, 0.717) is 30.2 Å². The average Bonchev–Trinajstić information content (AvgIpc) is 2.54. The second-order valence-corrected chi connectivity index (χ2v) is 4.84. The number of benzene rings is 2. The van der Waals surface area contributed by atoms with E-state index >= 15 is 0 Å². The summed E-state index contributed by atoms with van der Waals surface area (Å²) in [6.07, 6.45) is 0. The van der Waals surface area contributed by atoms with Gasteiger partial charge in [0.1, 0.15) is 24.7 Å². The van der Waals surface area contributed by atoms with Crippen LogP contribution < -0.4 is 20.5 Å². The Morgan fingerprint density at radius 3 is 2.45 bits per heavy atom. The Kier molecular flexibility index (Phi) is 5.25. The maximum Gasteiger partial charge on any atom is 0.251 e. The second kappa shape index (κ2) is 7.36. The topological polar surface area (TPSA) is 73.6 Å². The van der Waals surface area contributed by atoms with Crippen molar-refractivity contribution in [1.29, 1.82) is 0 Å². The Bertz CT molecular complexity index is 639. The SMILES string of the molecule is CNC(=O)c1ccc(N)c(OCCOc2ccc(C)cc2)c1. The van der Waals surface area contributed by atoms with Gasteiger partial charge in [-0.15, -0.1) is 0 Å². The maximum atomic E-state index is 11.6. The molecular weight excluding hydrogens is 280 g/mol. The van der Waals surface area contributed by atoms with E-state index < -0.39 is 0 Å². The molecule has 0 aliphatic heterocycles. The summed E-state index contributed by atoms with van der Waals surface area (Å²) >= 11 is 0. The molecule has 2 rings (SSSR count). The molecule has 0 radical (unpaired) electrons. The van der Waals surface area contributed by atoms with Crippen molar-refractivity contribution in [2.75, 3.05) is 26.0 Å². The van der Waals surface area contributed by atoms with Gasteiger partial charge in [0.2, 0.25) is 0 Å². The molecule has 1 amide bonds. The minimum Gasteiger partial charge on any atom is -0.490 e. The highest BCUT2D eigenvalue weighted by Crippen LogP contribution is 2.22. The van der Waals surface area contributed by atoms with E-state index in [9.17, 15) is 4.79 Å². The molecule has 0 saturated carbocycles. The summed E-state index contributed by atoms with van der Waals surface area (Å²) in [6.45, 7) is 2.76. The normalized spacial score (nSPS) is 10.1. The largest absolute Gasteiger partial charge is 0.490 e. The molecule has 22 heavy (non-hydrogen) atoms. The van der Waals surface area contributed by atoms with Gasteiger partial charge in [0.15, 0.2) is 0 Å². The van der Waals surface area contributed by atoms with Crippen LogP contribution in [0, 0.1) is 6.92 Å². The van der Waals surface area contributed by atoms with Gasteiger partial charge in [-0.2, -0.15) is 0 Å². The van der Waals surface area contributed by atoms with Crippen molar-refractivity contribution in [2.45, 2.75) is 6.92 Å². The van der Waals surface area contributed by atoms with Crippen molar-refractivity contribution in [1.82, 2.24) is 5.32 Å². The number of carbonyl (C=O) groups excluding carboxylic acids is 1. The van der Waals surface area contributed by atoms with Crippen molar-refractivity contribution in [3.63, 3.8) is 0 Å². The zero-order chi connectivity index (χ0) is 15.9. The monoisotopic (exact) mass is 300 g/mol. The van der Waals surface area contributed by atoms with Crippen LogP contribution in [0.5, 0.6) is 11.5 Å². The number of nitrogens with one attached hydrogen (secondary N) is 1. The lowest BCUT2D eigenvalue weighted by molar-refractivity contribution is 0.0962. The number of nitrogen functional groups attached to an aromatic ring is 1. The first-order chi connectivity index (χ1) is 10.6. The summed E-state index contributed by atoms with van der Waals surface area (Å²) in [7, 11) is 1.58. The van der Waals surface area contributed by atoms with Crippen molar-refractivity contribution < 1.29 is 14.3 Å². The smallest absolute Gasteiger partial charge is 0.251 e. The predicted molar refractivity (Wildman–Crippen MR) is 86.4 cm³/mol. The summed E-state index contributed by atoms with van der Waals surface area (Å²) < 4.78 is 11.2. The van der Waals surface area contributed by atoms with Gasteiger partial charge in [-0.1, -0.05) is 17.7 Å². The van der Waals surface area contributed by atoms with Crippen LogP contribution in [0.1, 0.15) is 15.9 Å². The van der Waals surface area contributed by atoms with E-state index in [2.05, 4.69) is 5.32 Å². The van der Waals surface area contributed by atoms with Gasteiger partial charge in [0.05, 0.1) is 5.69 Å². The number of nitrogens with two attached hydrogens (primary N) is 1. The quantitative estimate of drug-likeness (QED) is 0.634. The molecule has 0 atom stereocenters. The molecule has 0 spiro atoms. The third kappa shape index (κ3) is 4.15. The fraction of sp³-hybridized carbons (Fsp3) is 0.235. The Morgan fingerprint density at radius 2 is 1.77 bits per heavy atom. The number of carbonyl (C=O) groups is 1. The lowest BCUT2D eigenvalue weighted by atomic mass is 10.2. The molecule has 0 aliphatic rings. The molecule has 5 nitrogen and oxygen atoms in total. The lowest BCUT2D eigenvalue weighted by Crippen LogP contribution is -2.18. The van der Waals surface area contributed by atoms with E-state index in [1.165, 1.54) is 5.56 Å². The first kappa shape index (κ1) is 15.7. The molecule has 0 aromatic heterocycles. The summed E-state index contributed by atoms with van der Waals surface area (Å²) in [4.78, 5) is 11.6. The minimum absolute atomic E-state index is 0.180. The highest BCUT2D eigenvalue weighted by atomic mass is 16.5. The van der Waals surface area contributed by atoms with Crippen molar-refractivity contribution >= 4 is 11.6 Å². The van der Waals surface area contributed by atoms with E-state index in [1.54, 1.807) is 25.2 Å². The fourth-order valence-corrected chi connectivity index (χ4v) is 1.89. The second-order valence-electron chi connectivity index (χ2n) is 4.84. The number of aryl methyl sites for hydroxylation is 1. The molecule has 0 fully saturated rings. The number of rotatable bonds is 6. The summed E-state index contributed by atoms with van der Waals surface area (Å²) in [5, 5.41) is 2.56. The minimum atomic E-state index is -0.180. The number of amides is 1. The van der Waals surface area contributed by atoms with Crippen molar-refractivity contribution in [3.05, 3.63) is 53.6 Å². The third-order valence-electron chi connectivity index (χ3n) is 3.13. The van der Waals surface area contributed by atoms with E-state index in [4.69, 9.17) is 15.2 Å². The van der Waals surface area contributed by atoms with E-state index in [1.807, 2.05) is 31.2 Å². The van der Waals surface area contributed by atoms with Crippen LogP contribution in [0.2, 0.25) is 0 Å². The molecule has 0 unspecified atom stereocenters. The van der Waals surface area contributed by atoms with Gasteiger partial charge in [-0.05, 0) is 37.3 Å².